The molecule has 1 saturated heterocycles. The van der Waals surface area contributed by atoms with Gasteiger partial charge in [0, 0.05) is 17.5 Å². The quantitative estimate of drug-likeness (QED) is 0.686. The summed E-state index contributed by atoms with van der Waals surface area (Å²) >= 11 is 0. The first-order chi connectivity index (χ1) is 11.9. The average Bonchev–Trinajstić information content (AvgIpc) is 3.02. The third-order valence-corrected chi connectivity index (χ3v) is 5.00. The van der Waals surface area contributed by atoms with Crippen molar-refractivity contribution >= 4 is 10.9 Å². The summed E-state index contributed by atoms with van der Waals surface area (Å²) < 4.78 is 2.20. The van der Waals surface area contributed by atoms with Gasteiger partial charge in [-0.1, -0.05) is 55.0 Å². The highest BCUT2D eigenvalue weighted by atomic mass is 15.3. The maximum atomic E-state index is 4.94. The molecule has 0 atom stereocenters. The van der Waals surface area contributed by atoms with Crippen LogP contribution in [-0.2, 0) is 6.54 Å². The molecule has 1 aliphatic rings. The van der Waals surface area contributed by atoms with Crippen LogP contribution in [0.3, 0.4) is 0 Å². The second-order valence-corrected chi connectivity index (χ2v) is 6.71. The van der Waals surface area contributed by atoms with Gasteiger partial charge >= 0.3 is 0 Å². The third kappa shape index (κ3) is 3.22. The Bertz CT molecular complexity index is 785. The van der Waals surface area contributed by atoms with Gasteiger partial charge in [-0.05, 0) is 45.0 Å². The number of hydrogen-bond acceptors (Lipinski definition) is 2. The molecule has 0 saturated carbocycles. The van der Waals surface area contributed by atoms with E-state index in [0.717, 1.165) is 12.2 Å². The highest BCUT2D eigenvalue weighted by Gasteiger charge is 2.13. The van der Waals surface area contributed by atoms with Crippen LogP contribution in [0.4, 0.5) is 0 Å². The molecule has 1 aromatic heterocycles. The summed E-state index contributed by atoms with van der Waals surface area (Å²) in [7, 11) is 0. The molecule has 1 aliphatic heterocycles. The molecule has 0 bridgehead atoms. The average molecular weight is 319 g/mol. The molecule has 4 rings (SSSR count). The van der Waals surface area contributed by atoms with E-state index >= 15 is 0 Å². The van der Waals surface area contributed by atoms with E-state index in [1.165, 1.54) is 61.8 Å². The first-order valence-electron chi connectivity index (χ1n) is 9.15. The smallest absolute Gasteiger partial charge is 0.100 e. The van der Waals surface area contributed by atoms with Crippen LogP contribution in [0.1, 0.15) is 25.7 Å². The van der Waals surface area contributed by atoms with Crippen molar-refractivity contribution in [1.29, 1.82) is 0 Å². The molecule has 1 fully saturated rings. The van der Waals surface area contributed by atoms with Crippen molar-refractivity contribution in [2.75, 3.05) is 19.6 Å². The minimum atomic E-state index is 0.990. The van der Waals surface area contributed by atoms with Crippen molar-refractivity contribution in [2.24, 2.45) is 0 Å². The number of piperidine rings is 1. The first-order valence-corrected chi connectivity index (χ1v) is 9.15. The number of aromatic nitrogens is 2. The molecule has 0 unspecified atom stereocenters. The molecule has 0 N–H and O–H groups in total. The summed E-state index contributed by atoms with van der Waals surface area (Å²) in [6.07, 6.45) is 5.30. The van der Waals surface area contributed by atoms with Gasteiger partial charge in [-0.15, -0.1) is 0 Å². The lowest BCUT2D eigenvalue weighted by Gasteiger charge is -2.26. The zero-order valence-electron chi connectivity index (χ0n) is 14.2. The van der Waals surface area contributed by atoms with Crippen LogP contribution in [0.15, 0.2) is 54.6 Å². The Kier molecular flexibility index (Phi) is 4.61. The van der Waals surface area contributed by atoms with Crippen molar-refractivity contribution in [1.82, 2.24) is 14.7 Å². The number of rotatable bonds is 5. The van der Waals surface area contributed by atoms with E-state index in [-0.39, 0.29) is 0 Å². The van der Waals surface area contributed by atoms with E-state index in [0.29, 0.717) is 0 Å². The minimum absolute atomic E-state index is 0.990. The lowest BCUT2D eigenvalue weighted by molar-refractivity contribution is 0.222. The molecule has 0 spiro atoms. The summed E-state index contributed by atoms with van der Waals surface area (Å²) in [5, 5.41) is 6.19. The fourth-order valence-corrected chi connectivity index (χ4v) is 3.73. The van der Waals surface area contributed by atoms with Gasteiger partial charge < -0.3 is 4.90 Å². The van der Waals surface area contributed by atoms with E-state index in [9.17, 15) is 0 Å². The SMILES string of the molecule is c1ccc(-c2nn(CCCN3CCCCC3)c3ccccc23)cc1. The van der Waals surface area contributed by atoms with E-state index < -0.39 is 0 Å². The molecule has 3 nitrogen and oxygen atoms in total. The predicted molar refractivity (Wildman–Crippen MR) is 100 cm³/mol. The highest BCUT2D eigenvalue weighted by Crippen LogP contribution is 2.27. The van der Waals surface area contributed by atoms with Gasteiger partial charge in [0.25, 0.3) is 0 Å². The van der Waals surface area contributed by atoms with Gasteiger partial charge in [-0.3, -0.25) is 4.68 Å². The van der Waals surface area contributed by atoms with Gasteiger partial charge in [0.15, 0.2) is 0 Å². The Hall–Kier alpha value is -2.13. The molecule has 3 heteroatoms. The molecule has 0 amide bonds. The van der Waals surface area contributed by atoms with Crippen molar-refractivity contribution in [3.05, 3.63) is 54.6 Å². The molecule has 0 radical (unpaired) electrons. The monoisotopic (exact) mass is 319 g/mol. The van der Waals surface area contributed by atoms with Crippen molar-refractivity contribution in [2.45, 2.75) is 32.2 Å². The fraction of sp³-hybridized carbons (Fsp3) is 0.381. The van der Waals surface area contributed by atoms with Gasteiger partial charge in [0.2, 0.25) is 0 Å². The van der Waals surface area contributed by atoms with E-state index in [2.05, 4.69) is 64.2 Å². The van der Waals surface area contributed by atoms with Gasteiger partial charge in [0.1, 0.15) is 5.69 Å². The Morgan fingerprint density at radius 3 is 2.38 bits per heavy atom. The van der Waals surface area contributed by atoms with Crippen LogP contribution in [0.25, 0.3) is 22.2 Å². The number of hydrogen-bond donors (Lipinski definition) is 0. The molecule has 24 heavy (non-hydrogen) atoms. The van der Waals surface area contributed by atoms with Crippen LogP contribution in [0, 0.1) is 0 Å². The lowest BCUT2D eigenvalue weighted by Crippen LogP contribution is -2.31. The maximum absolute atomic E-state index is 4.94. The molecule has 2 aromatic carbocycles. The fourth-order valence-electron chi connectivity index (χ4n) is 3.73. The van der Waals surface area contributed by atoms with E-state index in [1.54, 1.807) is 0 Å². The second kappa shape index (κ2) is 7.18. The molecular formula is C21H25N3. The van der Waals surface area contributed by atoms with Gasteiger partial charge in [-0.2, -0.15) is 5.10 Å². The predicted octanol–water partition coefficient (Wildman–Crippen LogP) is 4.58. The zero-order chi connectivity index (χ0) is 16.2. The number of nitrogens with zero attached hydrogens (tertiary/aromatic N) is 3. The normalized spacial score (nSPS) is 15.8. The number of fused-ring (bicyclic) bond motifs is 1. The highest BCUT2D eigenvalue weighted by molar-refractivity contribution is 5.93. The summed E-state index contributed by atoms with van der Waals surface area (Å²) in [4.78, 5) is 2.60. The molecule has 3 aromatic rings. The Balaban J connectivity index is 1.54. The Labute approximate surface area is 143 Å². The van der Waals surface area contributed by atoms with Crippen molar-refractivity contribution in [3.63, 3.8) is 0 Å². The molecular weight excluding hydrogens is 294 g/mol. The molecule has 2 heterocycles. The Morgan fingerprint density at radius 1 is 0.792 bits per heavy atom. The third-order valence-electron chi connectivity index (χ3n) is 5.00. The molecule has 124 valence electrons. The lowest BCUT2D eigenvalue weighted by atomic mass is 10.1. The summed E-state index contributed by atoms with van der Waals surface area (Å²) in [6, 6.07) is 19.1. The molecule has 0 aliphatic carbocycles. The van der Waals surface area contributed by atoms with Crippen molar-refractivity contribution < 1.29 is 0 Å². The van der Waals surface area contributed by atoms with Crippen LogP contribution in [0.5, 0.6) is 0 Å². The van der Waals surface area contributed by atoms with Gasteiger partial charge in [0.05, 0.1) is 5.52 Å². The summed E-state index contributed by atoms with van der Waals surface area (Å²) in [6.45, 7) is 4.73. The second-order valence-electron chi connectivity index (χ2n) is 6.71. The topological polar surface area (TPSA) is 21.1 Å². The van der Waals surface area contributed by atoms with E-state index in [1.807, 2.05) is 0 Å². The zero-order valence-corrected chi connectivity index (χ0v) is 14.2. The van der Waals surface area contributed by atoms with E-state index in [4.69, 9.17) is 5.10 Å². The van der Waals surface area contributed by atoms with Gasteiger partial charge in [-0.25, -0.2) is 0 Å². The van der Waals surface area contributed by atoms with Crippen LogP contribution < -0.4 is 0 Å². The summed E-state index contributed by atoms with van der Waals surface area (Å²) in [5.41, 5.74) is 3.54. The maximum Gasteiger partial charge on any atom is 0.100 e. The largest absolute Gasteiger partial charge is 0.303 e. The van der Waals surface area contributed by atoms with Crippen molar-refractivity contribution in [3.8, 4) is 11.3 Å². The number of aryl methyl sites for hydroxylation is 1. The van der Waals surface area contributed by atoms with Crippen LogP contribution in [0.2, 0.25) is 0 Å². The summed E-state index contributed by atoms with van der Waals surface area (Å²) in [5.74, 6) is 0. The standard InChI is InChI=1S/C21H25N3/c1-3-10-18(11-4-1)21-19-12-5-6-13-20(19)24(22-21)17-9-16-23-14-7-2-8-15-23/h1,3-6,10-13H,2,7-9,14-17H2. The Morgan fingerprint density at radius 2 is 1.54 bits per heavy atom. The first kappa shape index (κ1) is 15.4. The van der Waals surface area contributed by atoms with Crippen LogP contribution >= 0.6 is 0 Å². The number of likely N-dealkylation sites (tertiary alicyclic amines) is 1. The minimum Gasteiger partial charge on any atom is -0.303 e. The number of benzene rings is 2. The number of para-hydroxylation sites is 1. The van der Waals surface area contributed by atoms with Crippen LogP contribution in [-0.4, -0.2) is 34.3 Å².